The molecule has 2 atom stereocenters. The molecule has 0 aromatic carbocycles. The molecule has 1 aliphatic heterocycles. The highest BCUT2D eigenvalue weighted by Crippen LogP contribution is 2.34. The number of carbonyl (C=O) groups excluding carboxylic acids is 2. The van der Waals surface area contributed by atoms with Crippen LogP contribution in [-0.2, 0) is 9.59 Å². The second-order valence-corrected chi connectivity index (χ2v) is 5.37. The van der Waals surface area contributed by atoms with Crippen LogP contribution in [0, 0.1) is 11.8 Å². The Balaban J connectivity index is 2.87. The van der Waals surface area contributed by atoms with Crippen LogP contribution in [0.4, 0.5) is 13.2 Å². The highest BCUT2D eigenvalue weighted by Gasteiger charge is 2.53. The van der Waals surface area contributed by atoms with Gasteiger partial charge in [0.25, 0.3) is 0 Å². The first-order valence-electron chi connectivity index (χ1n) is 5.98. The molecule has 18 heavy (non-hydrogen) atoms. The van der Waals surface area contributed by atoms with Gasteiger partial charge in [-0.15, -0.1) is 0 Å². The Hall–Kier alpha value is -1.07. The largest absolute Gasteiger partial charge is 0.397 e. The van der Waals surface area contributed by atoms with E-state index in [9.17, 15) is 22.8 Å². The molecule has 1 aliphatic rings. The van der Waals surface area contributed by atoms with E-state index in [-0.39, 0.29) is 17.6 Å². The fourth-order valence-corrected chi connectivity index (χ4v) is 2.41. The maximum Gasteiger partial charge on any atom is 0.397 e. The van der Waals surface area contributed by atoms with E-state index in [4.69, 9.17) is 0 Å². The molecule has 1 saturated heterocycles. The highest BCUT2D eigenvalue weighted by atomic mass is 19.4. The van der Waals surface area contributed by atoms with Gasteiger partial charge in [0.1, 0.15) is 6.42 Å². The molecule has 0 aliphatic carbocycles. The fourth-order valence-electron chi connectivity index (χ4n) is 2.41. The molecule has 0 bridgehead atoms. The van der Waals surface area contributed by atoms with E-state index in [0.29, 0.717) is 0 Å². The molecule has 104 valence electrons. The second kappa shape index (κ2) is 4.90. The number of alkyl halides is 3. The van der Waals surface area contributed by atoms with Gasteiger partial charge in [0.05, 0.1) is 12.1 Å². The summed E-state index contributed by atoms with van der Waals surface area (Å²) in [5.41, 5.74) is 0. The van der Waals surface area contributed by atoms with Crippen LogP contribution in [0.2, 0.25) is 0 Å². The summed E-state index contributed by atoms with van der Waals surface area (Å²) in [7, 11) is 0. The van der Waals surface area contributed by atoms with E-state index >= 15 is 0 Å². The molecule has 2 unspecified atom stereocenters. The standard InChI is InChI=1S/C12H18F3NO2/c1-6(2)9-11(18)10(7(3)4)16(9)8(17)5-12(13,14)15/h6-7,9-10H,5H2,1-4H3. The van der Waals surface area contributed by atoms with E-state index in [1.54, 1.807) is 27.7 Å². The fraction of sp³-hybridized carbons (Fsp3) is 0.833. The number of likely N-dealkylation sites (tertiary alicyclic amines) is 1. The van der Waals surface area contributed by atoms with Crippen molar-refractivity contribution in [1.29, 1.82) is 0 Å². The molecule has 0 saturated carbocycles. The van der Waals surface area contributed by atoms with Gasteiger partial charge in [-0.2, -0.15) is 13.2 Å². The van der Waals surface area contributed by atoms with Gasteiger partial charge in [-0.1, -0.05) is 27.7 Å². The quantitative estimate of drug-likeness (QED) is 0.785. The second-order valence-electron chi connectivity index (χ2n) is 5.37. The zero-order valence-corrected chi connectivity index (χ0v) is 10.9. The Morgan fingerprint density at radius 2 is 1.56 bits per heavy atom. The van der Waals surface area contributed by atoms with E-state index in [1.807, 2.05) is 0 Å². The van der Waals surface area contributed by atoms with Crippen molar-refractivity contribution in [3.8, 4) is 0 Å². The maximum absolute atomic E-state index is 12.2. The summed E-state index contributed by atoms with van der Waals surface area (Å²) in [4.78, 5) is 24.6. The van der Waals surface area contributed by atoms with Gasteiger partial charge in [-0.3, -0.25) is 9.59 Å². The Morgan fingerprint density at radius 1 is 1.17 bits per heavy atom. The minimum absolute atomic E-state index is 0.129. The predicted octanol–water partition coefficient (Wildman–Crippen LogP) is 2.40. The molecule has 0 spiro atoms. The Bertz CT molecular complexity index is 332. The van der Waals surface area contributed by atoms with Crippen LogP contribution >= 0.6 is 0 Å². The summed E-state index contributed by atoms with van der Waals surface area (Å²) in [6, 6.07) is -1.40. The van der Waals surface area contributed by atoms with Gasteiger partial charge in [-0.25, -0.2) is 0 Å². The molecule has 0 aromatic heterocycles. The summed E-state index contributed by atoms with van der Waals surface area (Å²) in [5, 5.41) is 0. The van der Waals surface area contributed by atoms with Crippen molar-refractivity contribution in [2.75, 3.05) is 0 Å². The lowest BCUT2D eigenvalue weighted by molar-refractivity contribution is -0.180. The molecule has 0 N–H and O–H groups in total. The smallest absolute Gasteiger partial charge is 0.322 e. The summed E-state index contributed by atoms with van der Waals surface area (Å²) in [5.74, 6) is -1.45. The lowest BCUT2D eigenvalue weighted by atomic mass is 9.78. The third kappa shape index (κ3) is 2.84. The average Bonchev–Trinajstić information content (AvgIpc) is 2.08. The van der Waals surface area contributed by atoms with Gasteiger partial charge in [0, 0.05) is 0 Å². The van der Waals surface area contributed by atoms with Gasteiger partial charge in [0.15, 0.2) is 5.78 Å². The van der Waals surface area contributed by atoms with E-state index < -0.39 is 30.6 Å². The first kappa shape index (κ1) is 15.0. The maximum atomic E-state index is 12.2. The Labute approximate surface area is 104 Å². The monoisotopic (exact) mass is 265 g/mol. The van der Waals surface area contributed by atoms with E-state index in [0.717, 1.165) is 4.90 Å². The van der Waals surface area contributed by atoms with Crippen molar-refractivity contribution in [3.05, 3.63) is 0 Å². The predicted molar refractivity (Wildman–Crippen MR) is 59.8 cm³/mol. The van der Waals surface area contributed by atoms with Gasteiger partial charge in [0.2, 0.25) is 5.91 Å². The number of hydrogen-bond acceptors (Lipinski definition) is 2. The van der Waals surface area contributed by atoms with Crippen LogP contribution in [0.3, 0.4) is 0 Å². The van der Waals surface area contributed by atoms with Crippen molar-refractivity contribution in [2.24, 2.45) is 11.8 Å². The molecular weight excluding hydrogens is 247 g/mol. The molecule has 0 aromatic rings. The lowest BCUT2D eigenvalue weighted by Gasteiger charge is -2.50. The normalized spacial score (nSPS) is 24.7. The van der Waals surface area contributed by atoms with Crippen molar-refractivity contribution in [2.45, 2.75) is 52.4 Å². The molecular formula is C12H18F3NO2. The summed E-state index contributed by atoms with van der Waals surface area (Å²) >= 11 is 0. The minimum atomic E-state index is -4.53. The van der Waals surface area contributed by atoms with Crippen molar-refractivity contribution in [1.82, 2.24) is 4.90 Å². The third-order valence-electron chi connectivity index (χ3n) is 3.08. The molecule has 6 heteroatoms. The molecule has 1 rings (SSSR count). The summed E-state index contributed by atoms with van der Waals surface area (Å²) in [6.07, 6.45) is -6.02. The molecule has 1 heterocycles. The number of amides is 1. The van der Waals surface area contributed by atoms with Crippen LogP contribution in [0.5, 0.6) is 0 Å². The lowest BCUT2D eigenvalue weighted by Crippen LogP contribution is -2.70. The summed E-state index contributed by atoms with van der Waals surface area (Å²) in [6.45, 7) is 6.92. The number of hydrogen-bond donors (Lipinski definition) is 0. The Kier molecular flexibility index (Phi) is 4.08. The van der Waals surface area contributed by atoms with Crippen molar-refractivity contribution < 1.29 is 22.8 Å². The van der Waals surface area contributed by atoms with Crippen LogP contribution in [0.15, 0.2) is 0 Å². The summed E-state index contributed by atoms with van der Waals surface area (Å²) < 4.78 is 36.7. The zero-order valence-electron chi connectivity index (χ0n) is 10.9. The number of Topliss-reactive ketones (excluding diaryl/α,β-unsaturated/α-hetero) is 1. The van der Waals surface area contributed by atoms with E-state index in [1.165, 1.54) is 0 Å². The highest BCUT2D eigenvalue weighted by molar-refractivity contribution is 6.02. The first-order chi connectivity index (χ1) is 8.06. The number of rotatable bonds is 3. The van der Waals surface area contributed by atoms with Crippen LogP contribution in [0.25, 0.3) is 0 Å². The molecule has 1 fully saturated rings. The van der Waals surface area contributed by atoms with Gasteiger partial charge >= 0.3 is 6.18 Å². The average molecular weight is 265 g/mol. The van der Waals surface area contributed by atoms with Crippen molar-refractivity contribution >= 4 is 11.7 Å². The third-order valence-corrected chi connectivity index (χ3v) is 3.08. The minimum Gasteiger partial charge on any atom is -0.322 e. The molecule has 3 nitrogen and oxygen atoms in total. The van der Waals surface area contributed by atoms with E-state index in [2.05, 4.69) is 0 Å². The number of ketones is 1. The van der Waals surface area contributed by atoms with Gasteiger partial charge in [-0.05, 0) is 11.8 Å². The first-order valence-corrected chi connectivity index (χ1v) is 5.98. The van der Waals surface area contributed by atoms with Crippen LogP contribution in [-0.4, -0.2) is 34.9 Å². The molecule has 1 amide bonds. The molecule has 0 radical (unpaired) electrons. The number of carbonyl (C=O) groups is 2. The zero-order chi connectivity index (χ0) is 14.2. The number of nitrogens with zero attached hydrogens (tertiary/aromatic N) is 1. The van der Waals surface area contributed by atoms with Gasteiger partial charge < -0.3 is 4.90 Å². The van der Waals surface area contributed by atoms with Crippen molar-refractivity contribution in [3.63, 3.8) is 0 Å². The van der Waals surface area contributed by atoms with Crippen LogP contribution in [0.1, 0.15) is 34.1 Å². The SMILES string of the molecule is CC(C)C1C(=O)C(C(C)C)N1C(=O)CC(F)(F)F. The van der Waals surface area contributed by atoms with Crippen LogP contribution < -0.4 is 0 Å². The Morgan fingerprint density at radius 3 is 1.83 bits per heavy atom. The number of halogens is 3. The topological polar surface area (TPSA) is 37.4 Å².